The Labute approximate surface area is 189 Å². The number of fused-ring (bicyclic) bond motifs is 1. The summed E-state index contributed by atoms with van der Waals surface area (Å²) in [7, 11) is 0. The third-order valence-corrected chi connectivity index (χ3v) is 5.56. The Kier molecular flexibility index (Phi) is 6.23. The topological polar surface area (TPSA) is 102 Å². The number of nitrogens with zero attached hydrogens (tertiary/aromatic N) is 5. The highest BCUT2D eigenvalue weighted by Crippen LogP contribution is 2.28. The number of hydrogen-bond donors (Lipinski definition) is 2. The second-order valence-corrected chi connectivity index (χ2v) is 7.73. The molecule has 1 amide bonds. The number of likely N-dealkylation sites (tertiary alicyclic amines) is 1. The van der Waals surface area contributed by atoms with Crippen LogP contribution in [0.15, 0.2) is 37.2 Å². The highest BCUT2D eigenvalue weighted by molar-refractivity contribution is 6.30. The van der Waals surface area contributed by atoms with Gasteiger partial charge < -0.3 is 16.0 Å². The molecule has 1 aromatic carbocycles. The zero-order chi connectivity index (χ0) is 22.7. The summed E-state index contributed by atoms with van der Waals surface area (Å²) in [6, 6.07) is 4.39. The fraction of sp³-hybridized carbons (Fsp3) is 0.273. The van der Waals surface area contributed by atoms with Gasteiger partial charge in [0.1, 0.15) is 23.7 Å². The van der Waals surface area contributed by atoms with Gasteiger partial charge in [0.25, 0.3) is 0 Å². The Morgan fingerprint density at radius 1 is 1.44 bits per heavy atom. The van der Waals surface area contributed by atoms with E-state index in [1.165, 1.54) is 24.5 Å². The van der Waals surface area contributed by atoms with Crippen LogP contribution in [-0.2, 0) is 4.79 Å². The Morgan fingerprint density at radius 2 is 2.28 bits per heavy atom. The number of rotatable bonds is 4. The van der Waals surface area contributed by atoms with E-state index in [1.807, 2.05) is 0 Å². The summed E-state index contributed by atoms with van der Waals surface area (Å²) < 4.78 is 15.4. The number of nitrogens with one attached hydrogen (secondary N) is 1. The van der Waals surface area contributed by atoms with Crippen molar-refractivity contribution in [3.63, 3.8) is 0 Å². The molecule has 0 spiro atoms. The third kappa shape index (κ3) is 4.36. The molecule has 1 fully saturated rings. The zero-order valence-corrected chi connectivity index (χ0v) is 17.9. The number of nitrogens with two attached hydrogens (primary N) is 1. The molecule has 8 nitrogen and oxygen atoms in total. The molecule has 2 aromatic heterocycles. The average Bonchev–Trinajstić information content (AvgIpc) is 3.18. The quantitative estimate of drug-likeness (QED) is 0.465. The number of piperidine rings is 1. The highest BCUT2D eigenvalue weighted by Gasteiger charge is 2.27. The number of benzene rings is 1. The van der Waals surface area contributed by atoms with E-state index in [-0.39, 0.29) is 29.3 Å². The van der Waals surface area contributed by atoms with Crippen LogP contribution in [0.2, 0.25) is 5.02 Å². The number of hydrogen-bond acceptors (Lipinski definition) is 6. The van der Waals surface area contributed by atoms with Crippen LogP contribution in [0.4, 0.5) is 15.9 Å². The second kappa shape index (κ2) is 9.24. The summed E-state index contributed by atoms with van der Waals surface area (Å²) in [6.45, 7) is 5.01. The zero-order valence-electron chi connectivity index (χ0n) is 17.2. The van der Waals surface area contributed by atoms with Crippen molar-refractivity contribution in [1.29, 1.82) is 0 Å². The molecule has 32 heavy (non-hydrogen) atoms. The van der Waals surface area contributed by atoms with Crippen molar-refractivity contribution in [3.8, 4) is 11.8 Å². The lowest BCUT2D eigenvalue weighted by molar-refractivity contribution is -0.127. The number of aromatic nitrogens is 4. The molecule has 10 heteroatoms. The average molecular weight is 454 g/mol. The Balaban J connectivity index is 1.59. The largest absolute Gasteiger partial charge is 0.383 e. The van der Waals surface area contributed by atoms with Crippen LogP contribution >= 0.6 is 11.6 Å². The first-order valence-electron chi connectivity index (χ1n) is 10.1. The maximum absolute atomic E-state index is 13.6. The van der Waals surface area contributed by atoms with Gasteiger partial charge in [0.15, 0.2) is 5.65 Å². The first kappa shape index (κ1) is 21.6. The van der Waals surface area contributed by atoms with Crippen LogP contribution in [-0.4, -0.2) is 50.2 Å². The Bertz CT molecular complexity index is 1250. The number of carbonyl (C=O) groups is 1. The lowest BCUT2D eigenvalue weighted by Gasteiger charge is -2.32. The van der Waals surface area contributed by atoms with Crippen molar-refractivity contribution in [3.05, 3.63) is 53.7 Å². The lowest BCUT2D eigenvalue weighted by atomic mass is 10.1. The van der Waals surface area contributed by atoms with Crippen LogP contribution in [0.1, 0.15) is 24.6 Å². The van der Waals surface area contributed by atoms with Crippen molar-refractivity contribution < 1.29 is 9.18 Å². The maximum Gasteiger partial charge on any atom is 0.246 e. The predicted molar refractivity (Wildman–Crippen MR) is 122 cm³/mol. The molecule has 1 saturated heterocycles. The molecule has 3 N–H and O–H groups in total. The Morgan fingerprint density at radius 3 is 3.06 bits per heavy atom. The van der Waals surface area contributed by atoms with Gasteiger partial charge in [0.05, 0.1) is 23.0 Å². The van der Waals surface area contributed by atoms with Gasteiger partial charge in [-0.15, -0.1) is 0 Å². The number of amides is 1. The van der Waals surface area contributed by atoms with Gasteiger partial charge in [-0.05, 0) is 43.0 Å². The first-order valence-corrected chi connectivity index (χ1v) is 10.4. The van der Waals surface area contributed by atoms with Gasteiger partial charge in [-0.3, -0.25) is 4.79 Å². The third-order valence-electron chi connectivity index (χ3n) is 5.25. The molecule has 0 saturated carbocycles. The molecule has 164 valence electrons. The number of nitrogen functional groups attached to an aromatic ring is 1. The molecule has 1 atom stereocenters. The van der Waals surface area contributed by atoms with E-state index in [0.29, 0.717) is 35.5 Å². The molecule has 1 aliphatic heterocycles. The smallest absolute Gasteiger partial charge is 0.246 e. The Hall–Kier alpha value is -3.64. The molecule has 0 aliphatic carbocycles. The summed E-state index contributed by atoms with van der Waals surface area (Å²) in [5, 5.41) is 8.31. The van der Waals surface area contributed by atoms with E-state index in [2.05, 4.69) is 38.8 Å². The fourth-order valence-corrected chi connectivity index (χ4v) is 3.82. The van der Waals surface area contributed by atoms with E-state index in [1.54, 1.807) is 15.6 Å². The summed E-state index contributed by atoms with van der Waals surface area (Å²) >= 11 is 5.70. The standard InChI is InChI=1S/C22H21ClFN7O/c1-2-19(32)30-10-4-5-15(12-30)31-22-20(21(25)27-13-28-22)18(29-31)6-3-9-26-14-7-8-16(23)17(24)11-14/h2,7-8,11,13,15,26H,1,4-5,9-10,12H2,(H2,25,27,28). The minimum absolute atomic E-state index is 0.0600. The van der Waals surface area contributed by atoms with Crippen LogP contribution < -0.4 is 11.1 Å². The molecule has 4 rings (SSSR count). The van der Waals surface area contributed by atoms with Crippen molar-refractivity contribution >= 4 is 40.0 Å². The van der Waals surface area contributed by atoms with Gasteiger partial charge >= 0.3 is 0 Å². The van der Waals surface area contributed by atoms with Crippen LogP contribution in [0.25, 0.3) is 11.0 Å². The molecule has 1 unspecified atom stereocenters. The molecule has 3 aromatic rings. The van der Waals surface area contributed by atoms with Gasteiger partial charge in [-0.25, -0.2) is 19.0 Å². The van der Waals surface area contributed by atoms with Gasteiger partial charge in [-0.2, -0.15) is 5.10 Å². The SMILES string of the molecule is C=CC(=O)N1CCCC(n2nc(C#CCNc3ccc(Cl)c(F)c3)c3c(N)ncnc32)C1. The summed E-state index contributed by atoms with van der Waals surface area (Å²) in [5.74, 6) is 5.66. The molecular weight excluding hydrogens is 433 g/mol. The number of anilines is 2. The van der Waals surface area contributed by atoms with Gasteiger partial charge in [0.2, 0.25) is 5.91 Å². The highest BCUT2D eigenvalue weighted by atomic mass is 35.5. The summed E-state index contributed by atoms with van der Waals surface area (Å²) in [5.41, 5.74) is 7.70. The second-order valence-electron chi connectivity index (χ2n) is 7.32. The van der Waals surface area contributed by atoms with Crippen LogP contribution in [0.5, 0.6) is 0 Å². The minimum atomic E-state index is -0.504. The summed E-state index contributed by atoms with van der Waals surface area (Å²) in [4.78, 5) is 22.3. The van der Waals surface area contributed by atoms with Crippen molar-refractivity contribution in [1.82, 2.24) is 24.6 Å². The summed E-state index contributed by atoms with van der Waals surface area (Å²) in [6.07, 6.45) is 4.40. The monoisotopic (exact) mass is 453 g/mol. The van der Waals surface area contributed by atoms with E-state index in [0.717, 1.165) is 12.8 Å². The van der Waals surface area contributed by atoms with Crippen molar-refractivity contribution in [2.24, 2.45) is 0 Å². The van der Waals surface area contributed by atoms with Gasteiger partial charge in [0, 0.05) is 18.8 Å². The maximum atomic E-state index is 13.6. The van der Waals surface area contributed by atoms with Crippen molar-refractivity contribution in [2.75, 3.05) is 30.7 Å². The fourth-order valence-electron chi connectivity index (χ4n) is 3.70. The van der Waals surface area contributed by atoms with Gasteiger partial charge in [-0.1, -0.05) is 24.1 Å². The van der Waals surface area contributed by atoms with E-state index in [9.17, 15) is 9.18 Å². The molecule has 1 aliphatic rings. The van der Waals surface area contributed by atoms with E-state index < -0.39 is 5.82 Å². The molecule has 0 bridgehead atoms. The molecule has 3 heterocycles. The van der Waals surface area contributed by atoms with E-state index >= 15 is 0 Å². The van der Waals surface area contributed by atoms with Crippen molar-refractivity contribution in [2.45, 2.75) is 18.9 Å². The number of halogens is 2. The molecule has 0 radical (unpaired) electrons. The number of carbonyl (C=O) groups excluding carboxylic acids is 1. The van der Waals surface area contributed by atoms with Crippen LogP contribution in [0.3, 0.4) is 0 Å². The predicted octanol–water partition coefficient (Wildman–Crippen LogP) is 3.01. The van der Waals surface area contributed by atoms with Crippen LogP contribution in [0, 0.1) is 17.7 Å². The first-order chi connectivity index (χ1) is 15.5. The lowest BCUT2D eigenvalue weighted by Crippen LogP contribution is -2.40. The normalized spacial score (nSPS) is 15.8. The molecular formula is C22H21ClFN7O. The minimum Gasteiger partial charge on any atom is -0.383 e. The van der Waals surface area contributed by atoms with E-state index in [4.69, 9.17) is 17.3 Å².